The van der Waals surface area contributed by atoms with E-state index in [2.05, 4.69) is 110 Å². The topological polar surface area (TPSA) is 21.7 Å². The lowest BCUT2D eigenvalue weighted by Crippen LogP contribution is -2.60. The fourth-order valence-corrected chi connectivity index (χ4v) is 13.9. The van der Waals surface area contributed by atoms with Gasteiger partial charge in [0.05, 0.1) is 11.0 Å². The molecule has 0 radical (unpaired) electrons. The fourth-order valence-electron chi connectivity index (χ4n) is 7.61. The zero-order valence-electron chi connectivity index (χ0n) is 24.3. The molecular weight excluding hydrogens is 478 g/mol. The van der Waals surface area contributed by atoms with E-state index in [1.165, 1.54) is 5.56 Å². The van der Waals surface area contributed by atoms with Gasteiger partial charge in [-0.2, -0.15) is 0 Å². The van der Waals surface area contributed by atoms with Crippen molar-refractivity contribution in [1.29, 1.82) is 0 Å². The fraction of sp³-hybridized carbons (Fsp3) is 0.710. The normalized spacial score (nSPS) is 29.8. The highest BCUT2D eigenvalue weighted by atomic mass is 32.1. The van der Waals surface area contributed by atoms with Crippen molar-refractivity contribution in [3.05, 3.63) is 48.6 Å². The highest BCUT2D eigenvalue weighted by Crippen LogP contribution is 2.55. The lowest BCUT2D eigenvalue weighted by molar-refractivity contribution is -0.0960. The van der Waals surface area contributed by atoms with Crippen molar-refractivity contribution in [3.8, 4) is 0 Å². The van der Waals surface area contributed by atoms with Gasteiger partial charge in [-0.15, -0.1) is 6.58 Å². The van der Waals surface area contributed by atoms with Crippen LogP contribution in [0.25, 0.3) is 0 Å². The minimum Gasteiger partial charge on any atom is -0.416 e. The van der Waals surface area contributed by atoms with Crippen molar-refractivity contribution < 1.29 is 9.16 Å². The summed E-state index contributed by atoms with van der Waals surface area (Å²) in [5, 5.41) is 0. The zero-order valence-corrected chi connectivity index (χ0v) is 26.2. The Morgan fingerprint density at radius 3 is 2.19 bits per heavy atom. The molecule has 0 N–H and O–H groups in total. The highest BCUT2D eigenvalue weighted by Gasteiger charge is 2.58. The van der Waals surface area contributed by atoms with Crippen LogP contribution < -0.4 is 0 Å². The van der Waals surface area contributed by atoms with E-state index in [-0.39, 0.29) is 23.3 Å². The van der Waals surface area contributed by atoms with Gasteiger partial charge in [-0.25, -0.2) is 0 Å². The van der Waals surface area contributed by atoms with Crippen molar-refractivity contribution in [2.24, 2.45) is 11.3 Å². The minimum atomic E-state index is -1.87. The van der Waals surface area contributed by atoms with Crippen molar-refractivity contribution in [3.63, 3.8) is 0 Å². The predicted molar refractivity (Wildman–Crippen MR) is 160 cm³/mol. The smallest absolute Gasteiger partial charge is 0.200 e. The van der Waals surface area contributed by atoms with Gasteiger partial charge in [0, 0.05) is 12.0 Å². The molecule has 2 aliphatic heterocycles. The van der Waals surface area contributed by atoms with Crippen LogP contribution in [0.3, 0.4) is 0 Å². The molecule has 202 valence electrons. The molecule has 0 aliphatic carbocycles. The van der Waals surface area contributed by atoms with Crippen LogP contribution in [0.4, 0.5) is 0 Å². The number of hydrogen-bond acceptors (Lipinski definition) is 3. The third kappa shape index (κ3) is 5.02. The number of nitrogens with zero attached hydrogens (tertiary/aromatic N) is 1. The summed E-state index contributed by atoms with van der Waals surface area (Å²) < 4.78 is 13.7. The molecule has 1 aromatic carbocycles. The average molecular weight is 530 g/mol. The summed E-state index contributed by atoms with van der Waals surface area (Å²) in [4.78, 5) is 3.51. The maximum atomic E-state index is 6.93. The number of hydrogen-bond donors (Lipinski definition) is 0. The van der Waals surface area contributed by atoms with E-state index in [1.807, 2.05) is 0 Å². The van der Waals surface area contributed by atoms with Gasteiger partial charge in [-0.3, -0.25) is 0 Å². The molecule has 2 aliphatic rings. The maximum Gasteiger partial charge on any atom is 0.200 e. The van der Waals surface area contributed by atoms with Crippen LogP contribution in [0.15, 0.2) is 43.0 Å². The molecule has 0 bridgehead atoms. The van der Waals surface area contributed by atoms with Crippen molar-refractivity contribution in [2.45, 2.75) is 122 Å². The molecule has 0 spiro atoms. The number of fused-ring (bicyclic) bond motifs is 1. The van der Waals surface area contributed by atoms with Gasteiger partial charge in [-0.1, -0.05) is 97.1 Å². The van der Waals surface area contributed by atoms with Gasteiger partial charge in [0.2, 0.25) is 0 Å². The van der Waals surface area contributed by atoms with Crippen LogP contribution in [-0.2, 0) is 9.16 Å². The first kappa shape index (κ1) is 29.5. The van der Waals surface area contributed by atoms with Gasteiger partial charge in [-0.05, 0) is 67.6 Å². The van der Waals surface area contributed by atoms with Gasteiger partial charge >= 0.3 is 0 Å². The summed E-state index contributed by atoms with van der Waals surface area (Å²) in [6.45, 7) is 26.0. The number of piperidine rings is 1. The van der Waals surface area contributed by atoms with Crippen molar-refractivity contribution in [1.82, 2.24) is 4.90 Å². The lowest BCUT2D eigenvalue weighted by Gasteiger charge is -2.53. The Morgan fingerprint density at radius 1 is 1.08 bits per heavy atom. The highest BCUT2D eigenvalue weighted by molar-refractivity contribution is 7.80. The number of benzene rings is 1. The van der Waals surface area contributed by atoms with E-state index in [4.69, 9.17) is 21.4 Å². The van der Waals surface area contributed by atoms with E-state index in [0.29, 0.717) is 22.5 Å². The summed E-state index contributed by atoms with van der Waals surface area (Å²) in [6, 6.07) is 10.8. The van der Waals surface area contributed by atoms with Gasteiger partial charge in [0.1, 0.15) is 11.8 Å². The second-order valence-corrected chi connectivity index (χ2v) is 18.3. The monoisotopic (exact) mass is 529 g/mol. The summed E-state index contributed by atoms with van der Waals surface area (Å²) in [5.41, 5.74) is 2.61. The number of rotatable bonds is 11. The Kier molecular flexibility index (Phi) is 9.34. The van der Waals surface area contributed by atoms with Crippen molar-refractivity contribution in [2.75, 3.05) is 6.61 Å². The number of thiocarbonyl (C=S) groups is 1. The zero-order chi connectivity index (χ0) is 26.9. The van der Waals surface area contributed by atoms with Crippen LogP contribution in [0.5, 0.6) is 0 Å². The molecule has 0 unspecified atom stereocenters. The molecule has 0 aromatic heterocycles. The second kappa shape index (κ2) is 11.4. The number of ether oxygens (including phenoxy) is 1. The maximum absolute atomic E-state index is 6.93. The van der Waals surface area contributed by atoms with E-state index in [0.717, 1.165) is 37.3 Å². The van der Waals surface area contributed by atoms with Gasteiger partial charge in [0.15, 0.2) is 8.32 Å². The predicted octanol–water partition coefficient (Wildman–Crippen LogP) is 9.07. The SMILES string of the molecule is C=C[C@@H](C)[C@]1(CCCO[Si](C(C)C)(C(C)C)C(C)C)CC[C@@]2(C)O[C@H](c3ccccc3)[C@H](C)N2C1=S. The molecule has 3 rings (SSSR count). The van der Waals surface area contributed by atoms with Crippen LogP contribution in [0, 0.1) is 11.3 Å². The first-order chi connectivity index (χ1) is 16.9. The molecule has 36 heavy (non-hydrogen) atoms. The molecule has 0 amide bonds. The van der Waals surface area contributed by atoms with Crippen LogP contribution in [0.1, 0.15) is 99.7 Å². The second-order valence-electron chi connectivity index (χ2n) is 12.5. The van der Waals surface area contributed by atoms with Crippen LogP contribution in [-0.4, -0.2) is 36.6 Å². The van der Waals surface area contributed by atoms with E-state index in [1.54, 1.807) is 0 Å². The molecule has 3 nitrogen and oxygen atoms in total. The van der Waals surface area contributed by atoms with Gasteiger partial charge in [0.25, 0.3) is 0 Å². The summed E-state index contributed by atoms with van der Waals surface area (Å²) in [6.07, 6.45) is 6.21. The molecule has 5 atom stereocenters. The largest absolute Gasteiger partial charge is 0.416 e. The molecule has 0 saturated carbocycles. The minimum absolute atomic E-state index is 0.0297. The molecule has 2 heterocycles. The first-order valence-electron chi connectivity index (χ1n) is 14.2. The molecule has 2 fully saturated rings. The Hall–Kier alpha value is -1.01. The summed E-state index contributed by atoms with van der Waals surface area (Å²) >= 11 is 6.39. The van der Waals surface area contributed by atoms with Crippen molar-refractivity contribution >= 4 is 25.5 Å². The van der Waals surface area contributed by atoms with E-state index < -0.39 is 8.32 Å². The van der Waals surface area contributed by atoms with Crippen LogP contribution >= 0.6 is 12.2 Å². The molecule has 1 aromatic rings. The van der Waals surface area contributed by atoms with E-state index >= 15 is 0 Å². The molecule has 2 saturated heterocycles. The quantitative estimate of drug-likeness (QED) is 0.123. The number of allylic oxidation sites excluding steroid dienone is 1. The third-order valence-corrected chi connectivity index (χ3v) is 16.3. The Morgan fingerprint density at radius 2 is 1.67 bits per heavy atom. The van der Waals surface area contributed by atoms with Crippen LogP contribution in [0.2, 0.25) is 16.6 Å². The van der Waals surface area contributed by atoms with E-state index in [9.17, 15) is 0 Å². The molecular formula is C31H51NO2SSi. The Labute approximate surface area is 228 Å². The average Bonchev–Trinajstić information content (AvgIpc) is 3.11. The lowest BCUT2D eigenvalue weighted by atomic mass is 9.66. The Balaban J connectivity index is 1.81. The Bertz CT molecular complexity index is 881. The molecule has 5 heteroatoms. The standard InChI is InChI=1S/C31H51NO2SSi/c1-11-25(8)31(18-15-21-33-36(22(2)3,23(4)5)24(6)7)20-19-30(10)32(29(31)35)26(9)28(34-30)27-16-13-12-14-17-27/h11-14,16-17,22-26,28H,1,15,18-21H2,2-10H3/t25-,26+,28+,30-,31+/m1/s1. The first-order valence-corrected chi connectivity index (χ1v) is 16.7. The summed E-state index contributed by atoms with van der Waals surface area (Å²) in [5.74, 6) is 0.305. The van der Waals surface area contributed by atoms with Gasteiger partial charge < -0.3 is 14.1 Å². The summed E-state index contributed by atoms with van der Waals surface area (Å²) in [7, 11) is -1.87. The third-order valence-electron chi connectivity index (χ3n) is 9.60.